The van der Waals surface area contributed by atoms with Crippen molar-refractivity contribution in [3.05, 3.63) is 28.2 Å². The third kappa shape index (κ3) is 3.04. The molecule has 0 atom stereocenters. The Bertz CT molecular complexity index is 431. The van der Waals surface area contributed by atoms with Crippen LogP contribution < -0.4 is 4.72 Å². The van der Waals surface area contributed by atoms with Gasteiger partial charge in [0.1, 0.15) is 0 Å². The van der Waals surface area contributed by atoms with E-state index in [0.29, 0.717) is 15.7 Å². The Kier molecular flexibility index (Phi) is 3.64. The zero-order chi connectivity index (χ0) is 10.8. The molecule has 0 saturated heterocycles. The van der Waals surface area contributed by atoms with Crippen LogP contribution in [0, 0.1) is 0 Å². The van der Waals surface area contributed by atoms with Crippen LogP contribution in [0.3, 0.4) is 0 Å². The molecule has 14 heavy (non-hydrogen) atoms. The molecule has 0 aliphatic rings. The molecule has 0 spiro atoms. The standard InChI is InChI=1S/C8H9Cl2NO2S/c1-2-14(12,13)11-8-5-6(9)3-4-7(8)10/h3-5,11H,2H2,1H3. The summed E-state index contributed by atoms with van der Waals surface area (Å²) in [6.07, 6.45) is 0. The zero-order valence-electron chi connectivity index (χ0n) is 7.42. The molecule has 78 valence electrons. The van der Waals surface area contributed by atoms with Gasteiger partial charge in [0.15, 0.2) is 0 Å². The Labute approximate surface area is 93.1 Å². The van der Waals surface area contributed by atoms with Gasteiger partial charge in [0, 0.05) is 5.02 Å². The highest BCUT2D eigenvalue weighted by molar-refractivity contribution is 7.92. The molecule has 0 aliphatic carbocycles. The van der Waals surface area contributed by atoms with Crippen molar-refractivity contribution in [1.82, 2.24) is 0 Å². The molecule has 0 amide bonds. The van der Waals surface area contributed by atoms with E-state index in [1.54, 1.807) is 13.0 Å². The maximum Gasteiger partial charge on any atom is 0.232 e. The van der Waals surface area contributed by atoms with Crippen molar-refractivity contribution < 1.29 is 8.42 Å². The van der Waals surface area contributed by atoms with Crippen LogP contribution in [0.4, 0.5) is 5.69 Å². The predicted molar refractivity (Wildman–Crippen MR) is 59.5 cm³/mol. The summed E-state index contributed by atoms with van der Waals surface area (Å²) in [7, 11) is -3.30. The average molecular weight is 254 g/mol. The Morgan fingerprint density at radius 3 is 2.57 bits per heavy atom. The Hall–Kier alpha value is -0.450. The number of benzene rings is 1. The summed E-state index contributed by atoms with van der Waals surface area (Å²) in [6, 6.07) is 4.60. The Morgan fingerprint density at radius 2 is 2.00 bits per heavy atom. The minimum Gasteiger partial charge on any atom is -0.282 e. The molecule has 0 radical (unpaired) electrons. The third-order valence-corrected chi connectivity index (χ3v) is 3.43. The summed E-state index contributed by atoms with van der Waals surface area (Å²) in [5.74, 6) is -0.00412. The van der Waals surface area contributed by atoms with Crippen LogP contribution in [0.15, 0.2) is 18.2 Å². The van der Waals surface area contributed by atoms with Crippen LogP contribution in [0.5, 0.6) is 0 Å². The van der Waals surface area contributed by atoms with Crippen LogP contribution in [-0.4, -0.2) is 14.2 Å². The summed E-state index contributed by atoms with van der Waals surface area (Å²) < 4.78 is 24.8. The number of halogens is 2. The van der Waals surface area contributed by atoms with Gasteiger partial charge in [-0.05, 0) is 25.1 Å². The maximum atomic E-state index is 11.2. The van der Waals surface area contributed by atoms with E-state index in [1.165, 1.54) is 12.1 Å². The average Bonchev–Trinajstić information content (AvgIpc) is 2.11. The molecule has 0 unspecified atom stereocenters. The van der Waals surface area contributed by atoms with Crippen LogP contribution >= 0.6 is 23.2 Å². The van der Waals surface area contributed by atoms with Crippen molar-refractivity contribution in [2.45, 2.75) is 6.92 Å². The first-order valence-corrected chi connectivity index (χ1v) is 6.31. The van der Waals surface area contributed by atoms with E-state index < -0.39 is 10.0 Å². The molecular formula is C8H9Cl2NO2S. The topological polar surface area (TPSA) is 46.2 Å². The van der Waals surface area contributed by atoms with Crippen molar-refractivity contribution in [3.63, 3.8) is 0 Å². The second kappa shape index (κ2) is 4.38. The van der Waals surface area contributed by atoms with E-state index >= 15 is 0 Å². The van der Waals surface area contributed by atoms with Gasteiger partial charge in [-0.25, -0.2) is 8.42 Å². The van der Waals surface area contributed by atoms with Crippen molar-refractivity contribution >= 4 is 38.9 Å². The summed E-state index contributed by atoms with van der Waals surface area (Å²) >= 11 is 11.5. The summed E-state index contributed by atoms with van der Waals surface area (Å²) in [6.45, 7) is 1.54. The van der Waals surface area contributed by atoms with E-state index in [1.807, 2.05) is 0 Å². The molecule has 0 aromatic heterocycles. The van der Waals surface area contributed by atoms with Gasteiger partial charge in [-0.1, -0.05) is 23.2 Å². The quantitative estimate of drug-likeness (QED) is 0.901. The lowest BCUT2D eigenvalue weighted by Gasteiger charge is -2.07. The van der Waals surface area contributed by atoms with Crippen LogP contribution in [0.25, 0.3) is 0 Å². The van der Waals surface area contributed by atoms with E-state index in [4.69, 9.17) is 23.2 Å². The molecule has 1 N–H and O–H groups in total. The van der Waals surface area contributed by atoms with E-state index in [9.17, 15) is 8.42 Å². The maximum absolute atomic E-state index is 11.2. The molecule has 6 heteroatoms. The number of hydrogen-bond donors (Lipinski definition) is 1. The lowest BCUT2D eigenvalue weighted by molar-refractivity contribution is 0.602. The van der Waals surface area contributed by atoms with Gasteiger partial charge in [0.2, 0.25) is 10.0 Å². The lowest BCUT2D eigenvalue weighted by Crippen LogP contribution is -2.14. The fraction of sp³-hybridized carbons (Fsp3) is 0.250. The third-order valence-electron chi connectivity index (χ3n) is 1.57. The van der Waals surface area contributed by atoms with Crippen molar-refractivity contribution in [2.24, 2.45) is 0 Å². The van der Waals surface area contributed by atoms with Gasteiger partial charge in [0.05, 0.1) is 16.5 Å². The van der Waals surface area contributed by atoms with Gasteiger partial charge >= 0.3 is 0 Å². The normalized spacial score (nSPS) is 11.4. The molecular weight excluding hydrogens is 245 g/mol. The van der Waals surface area contributed by atoms with Gasteiger partial charge < -0.3 is 0 Å². The number of hydrogen-bond acceptors (Lipinski definition) is 2. The molecule has 0 saturated carbocycles. The van der Waals surface area contributed by atoms with Crippen LogP contribution in [0.2, 0.25) is 10.0 Å². The minimum atomic E-state index is -3.30. The first-order chi connectivity index (χ1) is 6.44. The summed E-state index contributed by atoms with van der Waals surface area (Å²) in [4.78, 5) is 0. The molecule has 1 aromatic carbocycles. The second-order valence-corrected chi connectivity index (χ2v) is 5.48. The molecule has 0 fully saturated rings. The largest absolute Gasteiger partial charge is 0.282 e. The van der Waals surface area contributed by atoms with Crippen LogP contribution in [0.1, 0.15) is 6.92 Å². The van der Waals surface area contributed by atoms with E-state index in [0.717, 1.165) is 0 Å². The first-order valence-electron chi connectivity index (χ1n) is 3.90. The number of rotatable bonds is 3. The molecule has 0 bridgehead atoms. The lowest BCUT2D eigenvalue weighted by atomic mass is 10.3. The fourth-order valence-electron chi connectivity index (χ4n) is 0.815. The molecule has 0 aliphatic heterocycles. The van der Waals surface area contributed by atoms with Gasteiger partial charge in [0.25, 0.3) is 0 Å². The summed E-state index contributed by atoms with van der Waals surface area (Å²) in [5.41, 5.74) is 0.306. The highest BCUT2D eigenvalue weighted by Crippen LogP contribution is 2.26. The zero-order valence-corrected chi connectivity index (χ0v) is 9.75. The smallest absolute Gasteiger partial charge is 0.232 e. The van der Waals surface area contributed by atoms with Gasteiger partial charge in [-0.2, -0.15) is 0 Å². The molecule has 0 heterocycles. The molecule has 1 rings (SSSR count). The molecule has 3 nitrogen and oxygen atoms in total. The highest BCUT2D eigenvalue weighted by Gasteiger charge is 2.09. The van der Waals surface area contributed by atoms with E-state index in [-0.39, 0.29) is 5.75 Å². The SMILES string of the molecule is CCS(=O)(=O)Nc1cc(Cl)ccc1Cl. The van der Waals surface area contributed by atoms with Crippen molar-refractivity contribution in [1.29, 1.82) is 0 Å². The fourth-order valence-corrected chi connectivity index (χ4v) is 1.86. The first kappa shape index (κ1) is 11.6. The minimum absolute atomic E-state index is 0.00412. The molecule has 1 aromatic rings. The van der Waals surface area contributed by atoms with Gasteiger partial charge in [-0.3, -0.25) is 4.72 Å². The summed E-state index contributed by atoms with van der Waals surface area (Å²) in [5, 5.41) is 0.759. The Morgan fingerprint density at radius 1 is 1.36 bits per heavy atom. The number of sulfonamides is 1. The van der Waals surface area contributed by atoms with E-state index in [2.05, 4.69) is 4.72 Å². The number of nitrogens with one attached hydrogen (secondary N) is 1. The highest BCUT2D eigenvalue weighted by atomic mass is 35.5. The van der Waals surface area contributed by atoms with Gasteiger partial charge in [-0.15, -0.1) is 0 Å². The predicted octanol–water partition coefficient (Wildman–Crippen LogP) is 2.76. The Balaban J connectivity index is 3.03. The number of anilines is 1. The van der Waals surface area contributed by atoms with Crippen molar-refractivity contribution in [2.75, 3.05) is 10.5 Å². The van der Waals surface area contributed by atoms with Crippen molar-refractivity contribution in [3.8, 4) is 0 Å². The monoisotopic (exact) mass is 253 g/mol. The van der Waals surface area contributed by atoms with Crippen LogP contribution in [-0.2, 0) is 10.0 Å². The second-order valence-electron chi connectivity index (χ2n) is 2.63.